The summed E-state index contributed by atoms with van der Waals surface area (Å²) in [5, 5.41) is 7.14. The highest BCUT2D eigenvalue weighted by molar-refractivity contribution is 5.93. The lowest BCUT2D eigenvalue weighted by Gasteiger charge is -2.06. The molecule has 1 amide bonds. The van der Waals surface area contributed by atoms with Crippen molar-refractivity contribution in [2.75, 3.05) is 27.4 Å². The van der Waals surface area contributed by atoms with Crippen LogP contribution in [-0.4, -0.2) is 43.1 Å². The standard InChI is InChI=1S/C17H22FN3O3/c1-4-8-21-16(17(22)19-7-9-23-2)11-15(20-21)13-6-5-12(24-3)10-14(13)18/h5-6,10-11H,4,7-9H2,1-3H3,(H,19,22). The monoisotopic (exact) mass is 335 g/mol. The van der Waals surface area contributed by atoms with Gasteiger partial charge in [-0.2, -0.15) is 5.10 Å². The average Bonchev–Trinajstić information content (AvgIpc) is 2.99. The largest absolute Gasteiger partial charge is 0.497 e. The maximum Gasteiger partial charge on any atom is 0.269 e. The second-order valence-electron chi connectivity index (χ2n) is 5.23. The molecule has 2 rings (SSSR count). The summed E-state index contributed by atoms with van der Waals surface area (Å²) in [6.07, 6.45) is 0.810. The van der Waals surface area contributed by atoms with Crippen LogP contribution in [0.1, 0.15) is 23.8 Å². The third kappa shape index (κ3) is 4.11. The number of hydrogen-bond donors (Lipinski definition) is 1. The van der Waals surface area contributed by atoms with Gasteiger partial charge < -0.3 is 14.8 Å². The van der Waals surface area contributed by atoms with Crippen molar-refractivity contribution >= 4 is 5.91 Å². The lowest BCUT2D eigenvalue weighted by Crippen LogP contribution is -2.29. The molecule has 0 saturated heterocycles. The molecule has 0 bridgehead atoms. The number of hydrogen-bond acceptors (Lipinski definition) is 4. The zero-order valence-corrected chi connectivity index (χ0v) is 14.1. The van der Waals surface area contributed by atoms with E-state index in [2.05, 4.69) is 10.4 Å². The second kappa shape index (κ2) is 8.44. The Balaban J connectivity index is 2.32. The van der Waals surface area contributed by atoms with Crippen molar-refractivity contribution in [3.63, 3.8) is 0 Å². The zero-order valence-electron chi connectivity index (χ0n) is 14.1. The Morgan fingerprint density at radius 2 is 2.12 bits per heavy atom. The quantitative estimate of drug-likeness (QED) is 0.753. The van der Waals surface area contributed by atoms with E-state index >= 15 is 0 Å². The van der Waals surface area contributed by atoms with E-state index < -0.39 is 5.82 Å². The topological polar surface area (TPSA) is 65.4 Å². The minimum atomic E-state index is -0.443. The van der Waals surface area contributed by atoms with Gasteiger partial charge in [-0.15, -0.1) is 0 Å². The van der Waals surface area contributed by atoms with Gasteiger partial charge in [-0.05, 0) is 24.6 Å². The van der Waals surface area contributed by atoms with E-state index in [0.717, 1.165) is 6.42 Å². The minimum absolute atomic E-state index is 0.256. The Labute approximate surface area is 140 Å². The molecular formula is C17H22FN3O3. The maximum atomic E-state index is 14.3. The summed E-state index contributed by atoms with van der Waals surface area (Å²) in [5.74, 6) is -0.267. The van der Waals surface area contributed by atoms with Gasteiger partial charge in [-0.1, -0.05) is 6.92 Å². The number of halogens is 1. The van der Waals surface area contributed by atoms with Gasteiger partial charge in [0.15, 0.2) is 0 Å². The van der Waals surface area contributed by atoms with Crippen LogP contribution in [0.3, 0.4) is 0 Å². The average molecular weight is 335 g/mol. The summed E-state index contributed by atoms with van der Waals surface area (Å²) >= 11 is 0. The van der Waals surface area contributed by atoms with E-state index in [9.17, 15) is 9.18 Å². The highest BCUT2D eigenvalue weighted by Crippen LogP contribution is 2.26. The molecule has 0 fully saturated rings. The van der Waals surface area contributed by atoms with Crippen molar-refractivity contribution in [1.82, 2.24) is 15.1 Å². The van der Waals surface area contributed by atoms with Crippen LogP contribution in [0.4, 0.5) is 4.39 Å². The number of rotatable bonds is 8. The smallest absolute Gasteiger partial charge is 0.269 e. The molecule has 2 aromatic rings. The van der Waals surface area contributed by atoms with Gasteiger partial charge in [0, 0.05) is 31.8 Å². The first-order valence-corrected chi connectivity index (χ1v) is 7.79. The predicted molar refractivity (Wildman–Crippen MR) is 88.7 cm³/mol. The highest BCUT2D eigenvalue weighted by Gasteiger charge is 2.18. The first-order chi connectivity index (χ1) is 11.6. The maximum absolute atomic E-state index is 14.3. The number of aromatic nitrogens is 2. The lowest BCUT2D eigenvalue weighted by atomic mass is 10.1. The van der Waals surface area contributed by atoms with Crippen LogP contribution in [0, 0.1) is 5.82 Å². The number of amides is 1. The first kappa shape index (κ1) is 17.9. The van der Waals surface area contributed by atoms with Gasteiger partial charge in [0.1, 0.15) is 17.3 Å². The molecule has 0 aliphatic heterocycles. The van der Waals surface area contributed by atoms with Crippen LogP contribution in [-0.2, 0) is 11.3 Å². The summed E-state index contributed by atoms with van der Waals surface area (Å²) in [6.45, 7) is 3.39. The van der Waals surface area contributed by atoms with Gasteiger partial charge in [-0.3, -0.25) is 9.48 Å². The van der Waals surface area contributed by atoms with Crippen LogP contribution in [0.2, 0.25) is 0 Å². The summed E-state index contributed by atoms with van der Waals surface area (Å²) in [5.41, 5.74) is 1.15. The molecule has 1 heterocycles. The number of nitrogens with zero attached hydrogens (tertiary/aromatic N) is 2. The van der Waals surface area contributed by atoms with Gasteiger partial charge in [0.2, 0.25) is 0 Å². The van der Waals surface area contributed by atoms with Crippen LogP contribution in [0.25, 0.3) is 11.3 Å². The zero-order chi connectivity index (χ0) is 17.5. The van der Waals surface area contributed by atoms with Crippen LogP contribution in [0.5, 0.6) is 5.75 Å². The highest BCUT2D eigenvalue weighted by atomic mass is 19.1. The summed E-state index contributed by atoms with van der Waals surface area (Å²) in [7, 11) is 3.05. The lowest BCUT2D eigenvalue weighted by molar-refractivity contribution is 0.0926. The molecule has 0 saturated carbocycles. The van der Waals surface area contributed by atoms with E-state index in [0.29, 0.717) is 42.4 Å². The fourth-order valence-electron chi connectivity index (χ4n) is 2.30. The summed E-state index contributed by atoms with van der Waals surface area (Å²) in [4.78, 5) is 12.3. The SMILES string of the molecule is CCCn1nc(-c2ccc(OC)cc2F)cc1C(=O)NCCOC. The number of ether oxygens (including phenoxy) is 2. The van der Waals surface area contributed by atoms with Crippen molar-refractivity contribution in [2.24, 2.45) is 0 Å². The Kier molecular flexibility index (Phi) is 6.31. The molecule has 0 radical (unpaired) electrons. The first-order valence-electron chi connectivity index (χ1n) is 7.79. The minimum Gasteiger partial charge on any atom is -0.497 e. The Bertz CT molecular complexity index is 700. The van der Waals surface area contributed by atoms with Crippen molar-refractivity contribution < 1.29 is 18.7 Å². The van der Waals surface area contributed by atoms with Crippen molar-refractivity contribution in [3.05, 3.63) is 35.8 Å². The number of benzene rings is 1. The summed E-state index contributed by atoms with van der Waals surface area (Å²) < 4.78 is 25.8. The number of aryl methyl sites for hydroxylation is 1. The van der Waals surface area contributed by atoms with E-state index in [1.807, 2.05) is 6.92 Å². The van der Waals surface area contributed by atoms with Gasteiger partial charge in [0.05, 0.1) is 19.4 Å². The normalized spacial score (nSPS) is 10.7. The molecule has 24 heavy (non-hydrogen) atoms. The molecule has 0 aliphatic carbocycles. The van der Waals surface area contributed by atoms with Crippen LogP contribution < -0.4 is 10.1 Å². The third-order valence-corrected chi connectivity index (χ3v) is 3.49. The fourth-order valence-corrected chi connectivity index (χ4v) is 2.30. The predicted octanol–water partition coefficient (Wildman–Crippen LogP) is 2.48. The number of carbonyl (C=O) groups is 1. The Morgan fingerprint density at radius 3 is 2.75 bits per heavy atom. The van der Waals surface area contributed by atoms with Gasteiger partial charge >= 0.3 is 0 Å². The molecule has 1 N–H and O–H groups in total. The molecular weight excluding hydrogens is 313 g/mol. The molecule has 1 aromatic heterocycles. The molecule has 0 atom stereocenters. The molecule has 7 heteroatoms. The molecule has 6 nitrogen and oxygen atoms in total. The third-order valence-electron chi connectivity index (χ3n) is 3.49. The Morgan fingerprint density at radius 1 is 1.33 bits per heavy atom. The molecule has 0 aliphatic rings. The molecule has 0 spiro atoms. The van der Waals surface area contributed by atoms with E-state index in [1.165, 1.54) is 13.2 Å². The van der Waals surface area contributed by atoms with E-state index in [4.69, 9.17) is 9.47 Å². The van der Waals surface area contributed by atoms with Crippen molar-refractivity contribution in [1.29, 1.82) is 0 Å². The number of carbonyl (C=O) groups excluding carboxylic acids is 1. The summed E-state index contributed by atoms with van der Waals surface area (Å²) in [6, 6.07) is 6.16. The second-order valence-corrected chi connectivity index (χ2v) is 5.23. The van der Waals surface area contributed by atoms with E-state index in [1.54, 1.807) is 30.0 Å². The van der Waals surface area contributed by atoms with Crippen LogP contribution in [0.15, 0.2) is 24.3 Å². The van der Waals surface area contributed by atoms with Gasteiger partial charge in [0.25, 0.3) is 5.91 Å². The number of methoxy groups -OCH3 is 2. The van der Waals surface area contributed by atoms with Gasteiger partial charge in [-0.25, -0.2) is 4.39 Å². The molecule has 0 unspecified atom stereocenters. The van der Waals surface area contributed by atoms with E-state index in [-0.39, 0.29) is 5.91 Å². The molecule has 130 valence electrons. The number of nitrogens with one attached hydrogen (secondary N) is 1. The van der Waals surface area contributed by atoms with Crippen molar-refractivity contribution in [3.8, 4) is 17.0 Å². The van der Waals surface area contributed by atoms with Crippen molar-refractivity contribution in [2.45, 2.75) is 19.9 Å². The molecule has 1 aromatic carbocycles. The Hall–Kier alpha value is -2.41. The fraction of sp³-hybridized carbons (Fsp3) is 0.412. The van der Waals surface area contributed by atoms with Crippen LogP contribution >= 0.6 is 0 Å².